The molecule has 2 aliphatic heterocycles. The minimum atomic E-state index is 0.0573. The molecule has 11 aromatic rings. The number of fused-ring (bicyclic) bond motifs is 9. The zero-order valence-corrected chi connectivity index (χ0v) is 31.4. The van der Waals surface area contributed by atoms with Gasteiger partial charge in [0.25, 0.3) is 0 Å². The van der Waals surface area contributed by atoms with Gasteiger partial charge >= 0.3 is 0 Å². The number of rotatable bonds is 3. The highest BCUT2D eigenvalue weighted by Gasteiger charge is 2.40. The first-order valence-corrected chi connectivity index (χ1v) is 19.7. The molecule has 5 heterocycles. The summed E-state index contributed by atoms with van der Waals surface area (Å²) in [5.41, 5.74) is 22.0. The number of para-hydroxylation sites is 5. The number of hydrogen-bond acceptors (Lipinski definition) is 0. The Hall–Kier alpha value is -6.71. The molecule has 259 valence electrons. The topological polar surface area (TPSA) is 14.8 Å². The maximum absolute atomic E-state index is 2.68. The Morgan fingerprint density at radius 3 is 1.80 bits per heavy atom. The maximum atomic E-state index is 2.68. The van der Waals surface area contributed by atoms with Gasteiger partial charge in [0.2, 0.25) is 6.71 Å². The lowest BCUT2D eigenvalue weighted by Crippen LogP contribution is -2.60. The van der Waals surface area contributed by atoms with E-state index in [-0.39, 0.29) is 6.71 Å². The van der Waals surface area contributed by atoms with Crippen molar-refractivity contribution in [2.24, 2.45) is 0 Å². The fraction of sp³-hybridized carbons (Fsp3) is 0.0588. The second kappa shape index (κ2) is 10.7. The predicted molar refractivity (Wildman–Crippen MR) is 240 cm³/mol. The van der Waals surface area contributed by atoms with Crippen LogP contribution in [-0.2, 0) is 0 Å². The lowest BCUT2D eigenvalue weighted by Gasteiger charge is -2.33. The van der Waals surface area contributed by atoms with E-state index in [1.165, 1.54) is 126 Å². The van der Waals surface area contributed by atoms with Crippen molar-refractivity contribution < 1.29 is 0 Å². The first-order chi connectivity index (χ1) is 27.6. The van der Waals surface area contributed by atoms with Gasteiger partial charge in [0.15, 0.2) is 7.28 Å². The Morgan fingerprint density at radius 2 is 1.07 bits per heavy atom. The van der Waals surface area contributed by atoms with Crippen molar-refractivity contribution in [3.63, 3.8) is 0 Å². The van der Waals surface area contributed by atoms with Crippen LogP contribution in [0.15, 0.2) is 152 Å². The Bertz CT molecular complexity index is 3510. The van der Waals surface area contributed by atoms with Gasteiger partial charge in [-0.25, -0.2) is 0 Å². The van der Waals surface area contributed by atoms with Gasteiger partial charge in [-0.2, -0.15) is 0 Å². The van der Waals surface area contributed by atoms with E-state index < -0.39 is 0 Å². The third-order valence-electron chi connectivity index (χ3n) is 12.9. The van der Waals surface area contributed by atoms with E-state index in [9.17, 15) is 0 Å². The molecule has 0 saturated carbocycles. The van der Waals surface area contributed by atoms with Crippen LogP contribution in [0.3, 0.4) is 0 Å². The highest BCUT2D eigenvalue weighted by molar-refractivity contribution is 6.99. The van der Waals surface area contributed by atoms with E-state index in [2.05, 4.69) is 193 Å². The van der Waals surface area contributed by atoms with Crippen LogP contribution in [0, 0.1) is 20.8 Å². The first kappa shape index (κ1) is 30.6. The highest BCUT2D eigenvalue weighted by Crippen LogP contribution is 2.47. The van der Waals surface area contributed by atoms with Gasteiger partial charge in [-0.3, -0.25) is 0 Å². The third kappa shape index (κ3) is 3.71. The van der Waals surface area contributed by atoms with Gasteiger partial charge in [-0.1, -0.05) is 142 Å². The smallest absolute Gasteiger partial charge is 0.247 e. The average molecular weight is 710 g/mol. The van der Waals surface area contributed by atoms with Crippen molar-refractivity contribution in [3.05, 3.63) is 168 Å². The lowest BCUT2D eigenvalue weighted by atomic mass is 9.33. The summed E-state index contributed by atoms with van der Waals surface area (Å²) < 4.78 is 7.73. The van der Waals surface area contributed by atoms with Crippen LogP contribution in [0.1, 0.15) is 16.7 Å². The summed E-state index contributed by atoms with van der Waals surface area (Å²) in [6, 6.07) is 56.8. The molecule has 0 N–H and O–H groups in total. The fourth-order valence-corrected chi connectivity index (χ4v) is 11.1. The van der Waals surface area contributed by atoms with Crippen molar-refractivity contribution in [3.8, 4) is 17.1 Å². The summed E-state index contributed by atoms with van der Waals surface area (Å²) in [4.78, 5) is 0. The molecule has 56 heavy (non-hydrogen) atoms. The van der Waals surface area contributed by atoms with Gasteiger partial charge < -0.3 is 13.7 Å². The third-order valence-corrected chi connectivity index (χ3v) is 12.9. The lowest BCUT2D eigenvalue weighted by molar-refractivity contribution is 1.18. The molecule has 3 aromatic heterocycles. The molecule has 3 nitrogen and oxygen atoms in total. The Balaban J connectivity index is 1.37. The van der Waals surface area contributed by atoms with E-state index in [1.807, 2.05) is 0 Å². The summed E-state index contributed by atoms with van der Waals surface area (Å²) in [5.74, 6) is 0. The van der Waals surface area contributed by atoms with Crippen molar-refractivity contribution in [2.75, 3.05) is 0 Å². The molecule has 0 atom stereocenters. The van der Waals surface area contributed by atoms with Crippen LogP contribution in [0.2, 0.25) is 0 Å². The molecular weight excluding hydrogens is 676 g/mol. The largest absolute Gasteiger partial charge is 0.311 e. The zero-order valence-electron chi connectivity index (χ0n) is 31.4. The number of benzene rings is 8. The average Bonchev–Trinajstić information content (AvgIpc) is 3.86. The van der Waals surface area contributed by atoms with Gasteiger partial charge in [0, 0.05) is 49.4 Å². The Morgan fingerprint density at radius 1 is 0.429 bits per heavy atom. The minimum absolute atomic E-state index is 0.0573. The fourth-order valence-electron chi connectivity index (χ4n) is 11.1. The van der Waals surface area contributed by atoms with Gasteiger partial charge in [-0.15, -0.1) is 0 Å². The van der Waals surface area contributed by atoms with Crippen LogP contribution in [0.5, 0.6) is 0 Å². The van der Waals surface area contributed by atoms with Crippen LogP contribution < -0.4 is 27.3 Å². The van der Waals surface area contributed by atoms with Crippen LogP contribution in [-0.4, -0.2) is 27.7 Å². The van der Waals surface area contributed by atoms with Crippen molar-refractivity contribution >= 4 is 107 Å². The number of hydrogen-bond donors (Lipinski definition) is 0. The number of nitrogens with zero attached hydrogens (tertiary/aromatic N) is 3. The van der Waals surface area contributed by atoms with Gasteiger partial charge in [-0.05, 0) is 74.2 Å². The van der Waals surface area contributed by atoms with E-state index in [1.54, 1.807) is 0 Å². The molecule has 0 bridgehead atoms. The van der Waals surface area contributed by atoms with Crippen molar-refractivity contribution in [1.82, 2.24) is 13.7 Å². The molecule has 0 amide bonds. The quantitative estimate of drug-likeness (QED) is 0.163. The second-order valence-electron chi connectivity index (χ2n) is 16.1. The molecule has 0 saturated heterocycles. The minimum Gasteiger partial charge on any atom is -0.311 e. The van der Waals surface area contributed by atoms with Crippen LogP contribution >= 0.6 is 0 Å². The summed E-state index contributed by atoms with van der Waals surface area (Å²) in [7, 11) is 2.47. The molecule has 0 spiro atoms. The SMILES string of the molecule is Cc1cc(C)c(B2c3cccc4c3-n3c5c2cc2c(c6ccccc6n2-c2ccccc2)c5c2c3c(cc3c5ccccc5n(-c5ccccc5)c32)[B]4)c(C)c1. The molecular formula is C51H34B2N3. The summed E-state index contributed by atoms with van der Waals surface area (Å²) >= 11 is 0. The van der Waals surface area contributed by atoms with Crippen molar-refractivity contribution in [1.29, 1.82) is 0 Å². The second-order valence-corrected chi connectivity index (χ2v) is 16.1. The summed E-state index contributed by atoms with van der Waals surface area (Å²) in [5, 5.41) is 7.82. The molecule has 0 fully saturated rings. The van der Waals surface area contributed by atoms with Crippen molar-refractivity contribution in [2.45, 2.75) is 20.8 Å². The first-order valence-electron chi connectivity index (χ1n) is 19.7. The number of aryl methyl sites for hydroxylation is 3. The Kier molecular flexibility index (Phi) is 5.87. The normalized spacial score (nSPS) is 13.0. The van der Waals surface area contributed by atoms with Crippen LogP contribution in [0.4, 0.5) is 0 Å². The Labute approximate surface area is 325 Å². The van der Waals surface area contributed by atoms with Crippen LogP contribution in [0.25, 0.3) is 82.5 Å². The molecule has 2 aliphatic rings. The maximum Gasteiger partial charge on any atom is 0.247 e. The van der Waals surface area contributed by atoms with E-state index >= 15 is 0 Å². The van der Waals surface area contributed by atoms with E-state index in [4.69, 9.17) is 0 Å². The summed E-state index contributed by atoms with van der Waals surface area (Å²) in [6.45, 7) is 6.92. The standard InChI is InChI=1S/C51H34B2N3/c1-29-25-30(2)47(31(3)26-29)53-39-22-14-21-37-49(39)56-50-38(52-37)27-36-34-19-10-12-23-41(34)55(33-17-8-5-9-18-33)48(36)46(50)45-44-35-20-11-13-24-42(35)54(32-15-6-4-7-16-32)43(44)28-40(53)51(45)56/h4-28H,1-3H3. The van der Waals surface area contributed by atoms with Gasteiger partial charge in [0.05, 0.1) is 33.1 Å². The molecule has 1 radical (unpaired) electrons. The monoisotopic (exact) mass is 710 g/mol. The molecule has 0 unspecified atom stereocenters. The van der Waals surface area contributed by atoms with E-state index in [0.717, 1.165) is 0 Å². The number of aromatic nitrogens is 3. The highest BCUT2D eigenvalue weighted by atomic mass is 15.0. The molecule has 5 heteroatoms. The molecule has 0 aliphatic carbocycles. The van der Waals surface area contributed by atoms with E-state index in [0.29, 0.717) is 0 Å². The predicted octanol–water partition coefficient (Wildman–Crippen LogP) is 8.70. The van der Waals surface area contributed by atoms with Gasteiger partial charge in [0.1, 0.15) is 0 Å². The zero-order chi connectivity index (χ0) is 37.0. The molecule has 8 aromatic carbocycles. The molecule has 13 rings (SSSR count). The summed E-state index contributed by atoms with van der Waals surface area (Å²) in [6.07, 6.45) is 0.